The predicted octanol–water partition coefficient (Wildman–Crippen LogP) is 3.12. The third-order valence-electron chi connectivity index (χ3n) is 2.38. The number of carbonyl (C=O) groups is 1. The van der Waals surface area contributed by atoms with Crippen molar-refractivity contribution in [1.82, 2.24) is 0 Å². The Morgan fingerprint density at radius 2 is 1.94 bits per heavy atom. The highest BCUT2D eigenvalue weighted by Crippen LogP contribution is 2.15. The molecule has 0 aliphatic heterocycles. The van der Waals surface area contributed by atoms with Gasteiger partial charge in [-0.15, -0.1) is 0 Å². The Morgan fingerprint density at radius 3 is 2.53 bits per heavy atom. The van der Waals surface area contributed by atoms with Crippen molar-refractivity contribution in [1.29, 1.82) is 0 Å². The van der Waals surface area contributed by atoms with E-state index in [-0.39, 0.29) is 5.78 Å². The lowest BCUT2D eigenvalue weighted by Gasteiger charge is -2.04. The van der Waals surface area contributed by atoms with Gasteiger partial charge in [-0.1, -0.05) is 24.3 Å². The molecule has 0 N–H and O–H groups in total. The number of ether oxygens (including phenoxy) is 1. The van der Waals surface area contributed by atoms with E-state index in [1.807, 2.05) is 19.1 Å². The van der Waals surface area contributed by atoms with Gasteiger partial charge in [0.15, 0.2) is 5.78 Å². The van der Waals surface area contributed by atoms with E-state index in [1.54, 1.807) is 36.4 Å². The number of hydrogen-bond acceptors (Lipinski definition) is 2. The number of rotatable bonds is 4. The molecule has 0 aliphatic rings. The van der Waals surface area contributed by atoms with Gasteiger partial charge >= 0.3 is 0 Å². The highest BCUT2D eigenvalue weighted by molar-refractivity contribution is 6.08. The molecule has 2 nitrogen and oxygen atoms in total. The molecule has 2 aromatic carbocycles. The minimum Gasteiger partial charge on any atom is -0.494 e. The summed E-state index contributed by atoms with van der Waals surface area (Å²) in [5.41, 5.74) is 1.23. The van der Waals surface area contributed by atoms with Crippen LogP contribution >= 0.6 is 0 Å². The molecular formula is C15H13O2. The first-order chi connectivity index (χ1) is 8.31. The molecule has 17 heavy (non-hydrogen) atoms. The Morgan fingerprint density at radius 1 is 1.18 bits per heavy atom. The zero-order valence-corrected chi connectivity index (χ0v) is 9.64. The molecule has 0 unspecified atom stereocenters. The Balaban J connectivity index is 2.20. The summed E-state index contributed by atoms with van der Waals surface area (Å²) in [6.45, 7) is 2.55. The van der Waals surface area contributed by atoms with Crippen molar-refractivity contribution in [3.63, 3.8) is 0 Å². The van der Waals surface area contributed by atoms with Crippen molar-refractivity contribution >= 4 is 5.78 Å². The molecule has 0 aliphatic carbocycles. The fraction of sp³-hybridized carbons (Fsp3) is 0.133. The SMILES string of the molecule is CCOc1ccc(C(=O)c2[c]cccc2)cc1. The van der Waals surface area contributed by atoms with E-state index in [0.29, 0.717) is 17.7 Å². The van der Waals surface area contributed by atoms with Crippen molar-refractivity contribution in [3.05, 3.63) is 65.7 Å². The summed E-state index contributed by atoms with van der Waals surface area (Å²) in [4.78, 5) is 12.0. The minimum absolute atomic E-state index is 0.0198. The molecule has 85 valence electrons. The van der Waals surface area contributed by atoms with Gasteiger partial charge in [-0.05, 0) is 37.3 Å². The fourth-order valence-electron chi connectivity index (χ4n) is 1.56. The normalized spacial score (nSPS) is 9.94. The van der Waals surface area contributed by atoms with Gasteiger partial charge in [0.1, 0.15) is 5.75 Å². The maximum Gasteiger partial charge on any atom is 0.193 e. The zero-order chi connectivity index (χ0) is 12.1. The maximum absolute atomic E-state index is 12.0. The molecule has 2 aromatic rings. The van der Waals surface area contributed by atoms with Crippen LogP contribution in [0.15, 0.2) is 48.5 Å². The minimum atomic E-state index is -0.0198. The first kappa shape index (κ1) is 11.4. The molecular weight excluding hydrogens is 212 g/mol. The summed E-state index contributed by atoms with van der Waals surface area (Å²) in [5, 5.41) is 0. The highest BCUT2D eigenvalue weighted by atomic mass is 16.5. The molecule has 0 saturated carbocycles. The van der Waals surface area contributed by atoms with E-state index in [9.17, 15) is 4.79 Å². The second-order valence-electron chi connectivity index (χ2n) is 3.56. The van der Waals surface area contributed by atoms with Crippen LogP contribution in [-0.2, 0) is 0 Å². The van der Waals surface area contributed by atoms with Crippen molar-refractivity contribution in [2.75, 3.05) is 6.61 Å². The van der Waals surface area contributed by atoms with Gasteiger partial charge < -0.3 is 4.74 Å². The van der Waals surface area contributed by atoms with Crippen LogP contribution in [0.25, 0.3) is 0 Å². The first-order valence-electron chi connectivity index (χ1n) is 5.55. The van der Waals surface area contributed by atoms with E-state index in [1.165, 1.54) is 0 Å². The molecule has 1 radical (unpaired) electrons. The van der Waals surface area contributed by atoms with Gasteiger partial charge in [-0.3, -0.25) is 4.79 Å². The number of carbonyl (C=O) groups excluding carboxylic acids is 1. The van der Waals surface area contributed by atoms with Gasteiger partial charge in [-0.25, -0.2) is 0 Å². The smallest absolute Gasteiger partial charge is 0.193 e. The van der Waals surface area contributed by atoms with E-state index in [0.717, 1.165) is 5.75 Å². The third-order valence-corrected chi connectivity index (χ3v) is 2.38. The highest BCUT2D eigenvalue weighted by Gasteiger charge is 2.08. The van der Waals surface area contributed by atoms with Crippen molar-refractivity contribution in [3.8, 4) is 5.75 Å². The van der Waals surface area contributed by atoms with Gasteiger partial charge in [0.05, 0.1) is 6.61 Å². The topological polar surface area (TPSA) is 26.3 Å². The van der Waals surface area contributed by atoms with E-state index in [2.05, 4.69) is 6.07 Å². The van der Waals surface area contributed by atoms with Crippen molar-refractivity contribution in [2.24, 2.45) is 0 Å². The predicted molar refractivity (Wildman–Crippen MR) is 66.3 cm³/mol. The molecule has 0 aromatic heterocycles. The van der Waals surface area contributed by atoms with Crippen LogP contribution in [0.3, 0.4) is 0 Å². The summed E-state index contributed by atoms with van der Waals surface area (Å²) in [6, 6.07) is 17.3. The molecule has 0 atom stereocenters. The van der Waals surface area contributed by atoms with Crippen molar-refractivity contribution < 1.29 is 9.53 Å². The molecule has 0 bridgehead atoms. The summed E-state index contributed by atoms with van der Waals surface area (Å²) in [5.74, 6) is 0.759. The molecule has 2 heteroatoms. The lowest BCUT2D eigenvalue weighted by atomic mass is 10.0. The van der Waals surface area contributed by atoms with E-state index in [4.69, 9.17) is 4.74 Å². The molecule has 0 amide bonds. The number of ketones is 1. The average molecular weight is 225 g/mol. The molecule has 2 rings (SSSR count). The Bertz CT molecular complexity index is 486. The van der Waals surface area contributed by atoms with Crippen LogP contribution in [-0.4, -0.2) is 12.4 Å². The second-order valence-corrected chi connectivity index (χ2v) is 3.56. The largest absolute Gasteiger partial charge is 0.494 e. The van der Waals surface area contributed by atoms with Gasteiger partial charge in [0, 0.05) is 11.1 Å². The Labute approximate surface area is 101 Å². The summed E-state index contributed by atoms with van der Waals surface area (Å²) < 4.78 is 5.33. The monoisotopic (exact) mass is 225 g/mol. The molecule has 0 spiro atoms. The summed E-state index contributed by atoms with van der Waals surface area (Å²) >= 11 is 0. The van der Waals surface area contributed by atoms with Crippen LogP contribution in [0.4, 0.5) is 0 Å². The quantitative estimate of drug-likeness (QED) is 0.747. The maximum atomic E-state index is 12.0. The third kappa shape index (κ3) is 2.72. The zero-order valence-electron chi connectivity index (χ0n) is 9.64. The standard InChI is InChI=1S/C15H13O2/c1-2-17-14-10-8-13(9-11-14)15(16)12-6-4-3-5-7-12/h3-6,8-11H,2H2,1H3. The van der Waals surface area contributed by atoms with Crippen molar-refractivity contribution in [2.45, 2.75) is 6.92 Å². The number of hydrogen-bond donors (Lipinski definition) is 0. The second kappa shape index (κ2) is 5.30. The average Bonchev–Trinajstić information content (AvgIpc) is 2.40. The summed E-state index contributed by atoms with van der Waals surface area (Å²) in [6.07, 6.45) is 0. The van der Waals surface area contributed by atoms with Crippen LogP contribution in [0, 0.1) is 6.07 Å². The fourth-order valence-corrected chi connectivity index (χ4v) is 1.56. The van der Waals surface area contributed by atoms with Gasteiger partial charge in [-0.2, -0.15) is 0 Å². The summed E-state index contributed by atoms with van der Waals surface area (Å²) in [7, 11) is 0. The van der Waals surface area contributed by atoms with Crippen LogP contribution < -0.4 is 4.74 Å². The Kier molecular flexibility index (Phi) is 3.55. The van der Waals surface area contributed by atoms with Crippen LogP contribution in [0.5, 0.6) is 5.75 Å². The van der Waals surface area contributed by atoms with Gasteiger partial charge in [0.25, 0.3) is 0 Å². The molecule has 0 heterocycles. The molecule has 0 fully saturated rings. The number of benzene rings is 2. The lowest BCUT2D eigenvalue weighted by molar-refractivity contribution is 0.103. The van der Waals surface area contributed by atoms with Crippen LogP contribution in [0.2, 0.25) is 0 Å². The van der Waals surface area contributed by atoms with E-state index < -0.39 is 0 Å². The van der Waals surface area contributed by atoms with Crippen LogP contribution in [0.1, 0.15) is 22.8 Å². The van der Waals surface area contributed by atoms with Gasteiger partial charge in [0.2, 0.25) is 0 Å². The molecule has 0 saturated heterocycles. The Hall–Kier alpha value is -2.09. The first-order valence-corrected chi connectivity index (χ1v) is 5.55. The van der Waals surface area contributed by atoms with E-state index >= 15 is 0 Å². The lowest BCUT2D eigenvalue weighted by Crippen LogP contribution is -2.01.